The van der Waals surface area contributed by atoms with E-state index in [1.54, 1.807) is 7.05 Å². The third-order valence-corrected chi connectivity index (χ3v) is 2.29. The number of Topliss-reactive ketones (excluding diaryl/α,β-unsaturated/α-hetero) is 1. The van der Waals surface area contributed by atoms with Crippen LogP contribution in [0.25, 0.3) is 0 Å². The van der Waals surface area contributed by atoms with E-state index in [9.17, 15) is 4.79 Å². The Balaban J connectivity index is 2.94. The lowest BCUT2D eigenvalue weighted by Crippen LogP contribution is -2.31. The second-order valence-corrected chi connectivity index (χ2v) is 3.44. The standard InChI is InChI=1S/C10H17N3O2/c1-4-5-7(11)10(14)9-8(15-3)6-12-13(9)2/h6-7H,4-5,11H2,1-3H3. The van der Waals surface area contributed by atoms with Gasteiger partial charge in [-0.1, -0.05) is 13.3 Å². The average Bonchev–Trinajstić information content (AvgIpc) is 2.58. The van der Waals surface area contributed by atoms with Crippen molar-refractivity contribution in [2.45, 2.75) is 25.8 Å². The van der Waals surface area contributed by atoms with Gasteiger partial charge in [0.25, 0.3) is 0 Å². The third kappa shape index (κ3) is 2.36. The van der Waals surface area contributed by atoms with Crippen LogP contribution in [0.15, 0.2) is 6.20 Å². The van der Waals surface area contributed by atoms with Crippen molar-refractivity contribution in [3.8, 4) is 5.75 Å². The normalized spacial score (nSPS) is 12.5. The molecule has 0 aliphatic heterocycles. The molecule has 0 spiro atoms. The predicted octanol–water partition coefficient (Wildman–Crippen LogP) is 0.739. The van der Waals surface area contributed by atoms with E-state index in [2.05, 4.69) is 5.10 Å². The highest BCUT2D eigenvalue weighted by molar-refractivity contribution is 6.00. The molecule has 0 bridgehead atoms. The van der Waals surface area contributed by atoms with Gasteiger partial charge in [0.05, 0.1) is 19.3 Å². The van der Waals surface area contributed by atoms with E-state index < -0.39 is 6.04 Å². The van der Waals surface area contributed by atoms with Crippen molar-refractivity contribution in [1.29, 1.82) is 0 Å². The monoisotopic (exact) mass is 211 g/mol. The lowest BCUT2D eigenvalue weighted by Gasteiger charge is -2.10. The minimum absolute atomic E-state index is 0.117. The molecule has 5 heteroatoms. The van der Waals surface area contributed by atoms with E-state index in [0.717, 1.165) is 6.42 Å². The number of rotatable bonds is 5. The molecule has 1 aromatic rings. The maximum absolute atomic E-state index is 11.9. The summed E-state index contributed by atoms with van der Waals surface area (Å²) in [5.74, 6) is 0.364. The van der Waals surface area contributed by atoms with E-state index in [-0.39, 0.29) is 5.78 Å². The zero-order valence-corrected chi connectivity index (χ0v) is 9.36. The molecular weight excluding hydrogens is 194 g/mol. The van der Waals surface area contributed by atoms with Gasteiger partial charge in [0.2, 0.25) is 5.78 Å². The quantitative estimate of drug-likeness (QED) is 0.729. The number of ether oxygens (including phenoxy) is 1. The van der Waals surface area contributed by atoms with Gasteiger partial charge in [-0.2, -0.15) is 5.10 Å². The number of ketones is 1. The smallest absolute Gasteiger partial charge is 0.201 e. The van der Waals surface area contributed by atoms with Crippen LogP contribution in [-0.2, 0) is 7.05 Å². The molecule has 5 nitrogen and oxygen atoms in total. The number of methoxy groups -OCH3 is 1. The minimum Gasteiger partial charge on any atom is -0.493 e. The van der Waals surface area contributed by atoms with Crippen molar-refractivity contribution in [3.63, 3.8) is 0 Å². The van der Waals surface area contributed by atoms with Gasteiger partial charge < -0.3 is 10.5 Å². The first kappa shape index (κ1) is 11.7. The molecule has 15 heavy (non-hydrogen) atoms. The zero-order valence-electron chi connectivity index (χ0n) is 9.36. The summed E-state index contributed by atoms with van der Waals surface area (Å²) in [5.41, 5.74) is 6.21. The van der Waals surface area contributed by atoms with Crippen LogP contribution in [0.2, 0.25) is 0 Å². The summed E-state index contributed by atoms with van der Waals surface area (Å²) in [6, 6.07) is -0.473. The van der Waals surface area contributed by atoms with Crippen LogP contribution in [-0.4, -0.2) is 28.7 Å². The van der Waals surface area contributed by atoms with Gasteiger partial charge in [-0.15, -0.1) is 0 Å². The maximum atomic E-state index is 11.9. The van der Waals surface area contributed by atoms with E-state index >= 15 is 0 Å². The van der Waals surface area contributed by atoms with Crippen molar-refractivity contribution in [2.75, 3.05) is 7.11 Å². The van der Waals surface area contributed by atoms with Crippen LogP contribution in [0.3, 0.4) is 0 Å². The molecule has 0 aromatic carbocycles. The number of hydrogen-bond donors (Lipinski definition) is 1. The number of carbonyl (C=O) groups is 1. The summed E-state index contributed by atoms with van der Waals surface area (Å²) in [7, 11) is 3.22. The molecule has 84 valence electrons. The summed E-state index contributed by atoms with van der Waals surface area (Å²) in [6.45, 7) is 1.99. The lowest BCUT2D eigenvalue weighted by molar-refractivity contribution is 0.0944. The molecule has 0 saturated carbocycles. The van der Waals surface area contributed by atoms with Gasteiger partial charge >= 0.3 is 0 Å². The van der Waals surface area contributed by atoms with Crippen molar-refractivity contribution < 1.29 is 9.53 Å². The molecule has 1 atom stereocenters. The summed E-state index contributed by atoms with van der Waals surface area (Å²) in [4.78, 5) is 11.9. The van der Waals surface area contributed by atoms with Gasteiger partial charge in [0, 0.05) is 7.05 Å². The maximum Gasteiger partial charge on any atom is 0.201 e. The molecule has 0 aliphatic rings. The second kappa shape index (κ2) is 4.93. The number of nitrogens with zero attached hydrogens (tertiary/aromatic N) is 2. The molecule has 1 aromatic heterocycles. The van der Waals surface area contributed by atoms with Gasteiger partial charge in [0.15, 0.2) is 5.75 Å². The summed E-state index contributed by atoms with van der Waals surface area (Å²) in [5, 5.41) is 3.97. The first-order valence-electron chi connectivity index (χ1n) is 4.97. The van der Waals surface area contributed by atoms with Gasteiger partial charge in [-0.05, 0) is 6.42 Å². The molecule has 0 radical (unpaired) electrons. The highest BCUT2D eigenvalue weighted by Crippen LogP contribution is 2.18. The predicted molar refractivity (Wildman–Crippen MR) is 57.0 cm³/mol. The van der Waals surface area contributed by atoms with Crippen LogP contribution in [0, 0.1) is 0 Å². The summed E-state index contributed by atoms with van der Waals surface area (Å²) < 4.78 is 6.55. The first-order chi connectivity index (χ1) is 7.11. The molecule has 1 unspecified atom stereocenters. The Morgan fingerprint density at radius 3 is 2.93 bits per heavy atom. The molecular formula is C10H17N3O2. The minimum atomic E-state index is -0.473. The van der Waals surface area contributed by atoms with E-state index in [4.69, 9.17) is 10.5 Å². The number of hydrogen-bond acceptors (Lipinski definition) is 4. The Labute approximate surface area is 89.2 Å². The van der Waals surface area contributed by atoms with Crippen LogP contribution < -0.4 is 10.5 Å². The fourth-order valence-electron chi connectivity index (χ4n) is 1.47. The molecule has 2 N–H and O–H groups in total. The third-order valence-electron chi connectivity index (χ3n) is 2.29. The number of aryl methyl sites for hydroxylation is 1. The number of nitrogens with two attached hydrogens (primary N) is 1. The Morgan fingerprint density at radius 1 is 1.73 bits per heavy atom. The van der Waals surface area contributed by atoms with Crippen molar-refractivity contribution >= 4 is 5.78 Å². The second-order valence-electron chi connectivity index (χ2n) is 3.44. The van der Waals surface area contributed by atoms with Gasteiger partial charge in [0.1, 0.15) is 5.69 Å². The van der Waals surface area contributed by atoms with Crippen LogP contribution in [0.5, 0.6) is 5.75 Å². The summed E-state index contributed by atoms with van der Waals surface area (Å²) >= 11 is 0. The SMILES string of the molecule is CCCC(N)C(=O)c1c(OC)cnn1C. The Kier molecular flexibility index (Phi) is 3.85. The van der Waals surface area contributed by atoms with Crippen LogP contribution in [0.4, 0.5) is 0 Å². The van der Waals surface area contributed by atoms with E-state index in [1.807, 2.05) is 6.92 Å². The van der Waals surface area contributed by atoms with E-state index in [1.165, 1.54) is 18.0 Å². The molecule has 1 heterocycles. The van der Waals surface area contributed by atoms with Gasteiger partial charge in [-0.3, -0.25) is 9.48 Å². The number of aromatic nitrogens is 2. The Hall–Kier alpha value is -1.36. The van der Waals surface area contributed by atoms with Crippen molar-refractivity contribution in [2.24, 2.45) is 12.8 Å². The average molecular weight is 211 g/mol. The van der Waals surface area contributed by atoms with Crippen LogP contribution >= 0.6 is 0 Å². The zero-order chi connectivity index (χ0) is 11.4. The van der Waals surface area contributed by atoms with Crippen molar-refractivity contribution in [3.05, 3.63) is 11.9 Å². The fourth-order valence-corrected chi connectivity index (χ4v) is 1.47. The number of carbonyl (C=O) groups excluding carboxylic acids is 1. The lowest BCUT2D eigenvalue weighted by atomic mass is 10.1. The molecule has 0 amide bonds. The molecule has 0 aliphatic carbocycles. The highest BCUT2D eigenvalue weighted by Gasteiger charge is 2.22. The topological polar surface area (TPSA) is 70.1 Å². The fraction of sp³-hybridized carbons (Fsp3) is 0.600. The largest absolute Gasteiger partial charge is 0.493 e. The van der Waals surface area contributed by atoms with E-state index in [0.29, 0.717) is 17.9 Å². The molecule has 1 rings (SSSR count). The van der Waals surface area contributed by atoms with Gasteiger partial charge in [-0.25, -0.2) is 0 Å². The molecule has 0 fully saturated rings. The first-order valence-corrected chi connectivity index (χ1v) is 4.97. The Bertz CT molecular complexity index is 346. The summed E-state index contributed by atoms with van der Waals surface area (Å²) in [6.07, 6.45) is 3.08. The Morgan fingerprint density at radius 2 is 2.40 bits per heavy atom. The molecule has 0 saturated heterocycles. The highest BCUT2D eigenvalue weighted by atomic mass is 16.5. The van der Waals surface area contributed by atoms with Crippen molar-refractivity contribution in [1.82, 2.24) is 9.78 Å². The van der Waals surface area contributed by atoms with Crippen LogP contribution in [0.1, 0.15) is 30.3 Å².